The van der Waals surface area contributed by atoms with Gasteiger partial charge in [0.25, 0.3) is 0 Å². The zero-order valence-electron chi connectivity index (χ0n) is 10.3. The van der Waals surface area contributed by atoms with Crippen molar-refractivity contribution in [1.29, 1.82) is 0 Å². The van der Waals surface area contributed by atoms with Crippen LogP contribution in [0.3, 0.4) is 0 Å². The van der Waals surface area contributed by atoms with E-state index in [1.54, 1.807) is 0 Å². The third-order valence-corrected chi connectivity index (χ3v) is 3.68. The van der Waals surface area contributed by atoms with Crippen LogP contribution in [0.25, 0.3) is 0 Å². The normalized spacial score (nSPS) is 14.9. The van der Waals surface area contributed by atoms with E-state index in [-0.39, 0.29) is 23.6 Å². The van der Waals surface area contributed by atoms with Crippen molar-refractivity contribution in [2.45, 2.75) is 4.90 Å². The third kappa shape index (κ3) is 3.94. The minimum Gasteiger partial charge on any atom is -0.457 e. The van der Waals surface area contributed by atoms with Gasteiger partial charge in [0.1, 0.15) is 22.7 Å². The van der Waals surface area contributed by atoms with E-state index in [9.17, 15) is 24.2 Å². The highest BCUT2D eigenvalue weighted by Crippen LogP contribution is 3.02. The highest BCUT2D eigenvalue weighted by atomic mass is 32.5. The van der Waals surface area contributed by atoms with Gasteiger partial charge in [0.15, 0.2) is 0 Å². The van der Waals surface area contributed by atoms with Crippen molar-refractivity contribution in [3.63, 3.8) is 0 Å². The molecule has 0 heterocycles. The minimum atomic E-state index is -9.66. The molecule has 0 aliphatic carbocycles. The van der Waals surface area contributed by atoms with Gasteiger partial charge in [-0.15, -0.1) is 0 Å². The van der Waals surface area contributed by atoms with Crippen LogP contribution in [-0.4, -0.2) is 6.29 Å². The largest absolute Gasteiger partial charge is 0.457 e. The second-order valence-electron chi connectivity index (χ2n) is 4.23. The van der Waals surface area contributed by atoms with Crippen molar-refractivity contribution >= 4 is 16.5 Å². The molecule has 2 nitrogen and oxygen atoms in total. The predicted octanol–water partition coefficient (Wildman–Crippen LogP) is 5.95. The predicted molar refractivity (Wildman–Crippen MR) is 69.7 cm³/mol. The molecule has 0 saturated carbocycles. The Hall–Kier alpha value is -2.09. The second-order valence-corrected chi connectivity index (χ2v) is 6.64. The standard InChI is InChI=1S/C13H9F5O2S/c14-21(15,16,17,18)13-7-5-12(6-8-13)20-11-3-1-10(9-19)2-4-11/h1-9H. The van der Waals surface area contributed by atoms with Crippen LogP contribution in [0.2, 0.25) is 0 Å². The van der Waals surface area contributed by atoms with E-state index in [4.69, 9.17) is 4.74 Å². The Bertz CT molecular complexity index is 663. The molecule has 0 N–H and O–H groups in total. The number of ether oxygens (including phenoxy) is 1. The van der Waals surface area contributed by atoms with Crippen LogP contribution in [0.1, 0.15) is 10.4 Å². The molecule has 0 unspecified atom stereocenters. The van der Waals surface area contributed by atoms with Crippen LogP contribution in [0.15, 0.2) is 53.4 Å². The fraction of sp³-hybridized carbons (Fsp3) is 0. The van der Waals surface area contributed by atoms with Gasteiger partial charge in [0.2, 0.25) is 0 Å². The molecule has 0 fully saturated rings. The van der Waals surface area contributed by atoms with Crippen molar-refractivity contribution in [2.75, 3.05) is 0 Å². The highest BCUT2D eigenvalue weighted by molar-refractivity contribution is 8.45. The smallest absolute Gasteiger partial charge is 0.310 e. The monoisotopic (exact) mass is 324 g/mol. The number of aldehydes is 1. The summed E-state index contributed by atoms with van der Waals surface area (Å²) in [5, 5.41) is 0. The van der Waals surface area contributed by atoms with Crippen molar-refractivity contribution in [3.05, 3.63) is 54.1 Å². The van der Waals surface area contributed by atoms with Gasteiger partial charge in [-0.1, -0.05) is 19.4 Å². The van der Waals surface area contributed by atoms with Crippen molar-refractivity contribution in [3.8, 4) is 11.5 Å². The average molecular weight is 324 g/mol. The Morgan fingerprint density at radius 3 is 1.57 bits per heavy atom. The van der Waals surface area contributed by atoms with Gasteiger partial charge < -0.3 is 4.74 Å². The molecule has 0 aromatic heterocycles. The van der Waals surface area contributed by atoms with E-state index in [2.05, 4.69) is 0 Å². The summed E-state index contributed by atoms with van der Waals surface area (Å²) in [4.78, 5) is 8.48. The van der Waals surface area contributed by atoms with Crippen molar-refractivity contribution in [2.24, 2.45) is 0 Å². The Labute approximate surface area is 116 Å². The first-order valence-corrected chi connectivity index (χ1v) is 7.50. The lowest BCUT2D eigenvalue weighted by atomic mass is 10.2. The van der Waals surface area contributed by atoms with Gasteiger partial charge in [0.05, 0.1) is 0 Å². The van der Waals surface area contributed by atoms with Crippen molar-refractivity contribution < 1.29 is 29.0 Å². The van der Waals surface area contributed by atoms with E-state index >= 15 is 0 Å². The first-order valence-electron chi connectivity index (χ1n) is 5.55. The number of carbonyl (C=O) groups excluding carboxylic acids is 1. The summed E-state index contributed by atoms with van der Waals surface area (Å²) in [7, 11) is -9.66. The molecular formula is C13H9F5O2S. The molecule has 2 aromatic carbocycles. The first kappa shape index (κ1) is 15.3. The van der Waals surface area contributed by atoms with Crippen LogP contribution in [-0.2, 0) is 0 Å². The first-order chi connectivity index (χ1) is 9.47. The molecule has 21 heavy (non-hydrogen) atoms. The fourth-order valence-electron chi connectivity index (χ4n) is 1.52. The lowest BCUT2D eigenvalue weighted by Gasteiger charge is -2.40. The molecule has 0 atom stereocenters. The molecular weight excluding hydrogens is 315 g/mol. The SMILES string of the molecule is O=Cc1ccc(Oc2ccc(S(F)(F)(F)(F)F)cc2)cc1. The molecule has 0 bridgehead atoms. The molecule has 0 spiro atoms. The topological polar surface area (TPSA) is 26.3 Å². The van der Waals surface area contributed by atoms with E-state index < -0.39 is 15.1 Å². The zero-order valence-corrected chi connectivity index (χ0v) is 11.1. The van der Waals surface area contributed by atoms with Gasteiger partial charge >= 0.3 is 10.2 Å². The van der Waals surface area contributed by atoms with Crippen LogP contribution < -0.4 is 4.74 Å². The third-order valence-electron chi connectivity index (χ3n) is 2.52. The Kier molecular flexibility index (Phi) is 3.06. The molecule has 8 heteroatoms. The van der Waals surface area contributed by atoms with Crippen LogP contribution >= 0.6 is 10.2 Å². The number of carbonyl (C=O) groups is 1. The molecule has 2 rings (SSSR count). The van der Waals surface area contributed by atoms with Gasteiger partial charge in [-0.3, -0.25) is 4.79 Å². The van der Waals surface area contributed by atoms with E-state index in [1.165, 1.54) is 24.3 Å². The highest BCUT2D eigenvalue weighted by Gasteiger charge is 2.65. The summed E-state index contributed by atoms with van der Waals surface area (Å²) in [5.74, 6) is 0.236. The number of hydrogen-bond donors (Lipinski definition) is 0. The Balaban J connectivity index is 2.22. The lowest BCUT2D eigenvalue weighted by molar-refractivity contribution is 0.112. The van der Waals surface area contributed by atoms with Crippen LogP contribution in [0, 0.1) is 0 Å². The Morgan fingerprint density at radius 1 is 0.762 bits per heavy atom. The van der Waals surface area contributed by atoms with Gasteiger partial charge in [-0.2, -0.15) is 0 Å². The summed E-state index contributed by atoms with van der Waals surface area (Å²) in [5.41, 5.74) is 0.401. The number of halogens is 5. The summed E-state index contributed by atoms with van der Waals surface area (Å²) < 4.78 is 67.8. The van der Waals surface area contributed by atoms with Crippen LogP contribution in [0.5, 0.6) is 11.5 Å². The van der Waals surface area contributed by atoms with E-state index in [0.717, 1.165) is 12.1 Å². The summed E-state index contributed by atoms with van der Waals surface area (Å²) in [6.07, 6.45) is 0.618. The van der Waals surface area contributed by atoms with Crippen molar-refractivity contribution in [1.82, 2.24) is 0 Å². The quantitative estimate of drug-likeness (QED) is 0.513. The summed E-state index contributed by atoms with van der Waals surface area (Å²) in [6, 6.07) is 7.93. The molecule has 0 radical (unpaired) electrons. The number of rotatable bonds is 4. The average Bonchev–Trinajstić information content (AvgIpc) is 2.37. The molecule has 0 aliphatic rings. The van der Waals surface area contributed by atoms with E-state index in [0.29, 0.717) is 11.8 Å². The van der Waals surface area contributed by atoms with Gasteiger partial charge in [-0.25, -0.2) is 0 Å². The molecule has 0 aliphatic heterocycles. The van der Waals surface area contributed by atoms with Gasteiger partial charge in [0, 0.05) is 5.56 Å². The summed E-state index contributed by atoms with van der Waals surface area (Å²) in [6.45, 7) is 0. The Morgan fingerprint density at radius 2 is 1.19 bits per heavy atom. The second kappa shape index (κ2) is 4.20. The van der Waals surface area contributed by atoms with Crippen LogP contribution in [0.4, 0.5) is 19.4 Å². The molecule has 0 saturated heterocycles. The minimum absolute atomic E-state index is 0.0283. The van der Waals surface area contributed by atoms with Gasteiger partial charge in [-0.05, 0) is 48.5 Å². The molecule has 2 aromatic rings. The molecule has 0 amide bonds. The lowest BCUT2D eigenvalue weighted by Crippen LogP contribution is -2.05. The fourth-order valence-corrected chi connectivity index (χ4v) is 2.17. The summed E-state index contributed by atoms with van der Waals surface area (Å²) >= 11 is 0. The number of hydrogen-bond acceptors (Lipinski definition) is 2. The maximum absolute atomic E-state index is 12.5. The number of benzene rings is 2. The molecule has 114 valence electrons. The maximum Gasteiger partial charge on any atom is 0.310 e. The van der Waals surface area contributed by atoms with E-state index in [1.807, 2.05) is 0 Å². The zero-order chi connectivity index (χ0) is 15.8. The maximum atomic E-state index is 12.5.